The van der Waals surface area contributed by atoms with Gasteiger partial charge in [0.05, 0.1) is 5.60 Å². The summed E-state index contributed by atoms with van der Waals surface area (Å²) in [6.07, 6.45) is 3.45. The van der Waals surface area contributed by atoms with Gasteiger partial charge in [-0.3, -0.25) is 0 Å². The van der Waals surface area contributed by atoms with Gasteiger partial charge in [0.2, 0.25) is 0 Å². The fraction of sp³-hybridized carbons (Fsp3) is 1.00. The molecule has 0 aromatic rings. The largest absolute Gasteiger partial charge is 0.379 e. The number of hydrogen-bond acceptors (Lipinski definition) is 1. The molecule has 0 N–H and O–H groups in total. The third-order valence-electron chi connectivity index (χ3n) is 3.05. The highest BCUT2D eigenvalue weighted by Crippen LogP contribution is 2.34. The van der Waals surface area contributed by atoms with Crippen LogP contribution in [0.15, 0.2) is 0 Å². The lowest BCUT2D eigenvalue weighted by molar-refractivity contribution is -0.0316. The zero-order valence-corrected chi connectivity index (χ0v) is 9.53. The topological polar surface area (TPSA) is 9.23 Å². The molecule has 0 aliphatic heterocycles. The van der Waals surface area contributed by atoms with E-state index >= 15 is 0 Å². The molecule has 74 valence electrons. The van der Waals surface area contributed by atoms with Gasteiger partial charge >= 0.3 is 0 Å². The molecule has 0 fully saturated rings. The highest BCUT2D eigenvalue weighted by molar-refractivity contribution is 4.81. The first-order chi connectivity index (χ1) is 5.39. The molecule has 1 heteroatoms. The van der Waals surface area contributed by atoms with E-state index in [0.717, 1.165) is 12.8 Å². The van der Waals surface area contributed by atoms with Crippen LogP contribution in [0.3, 0.4) is 0 Å². The zero-order chi connectivity index (χ0) is 9.83. The molecule has 0 aliphatic carbocycles. The smallest absolute Gasteiger partial charge is 0.0653 e. The van der Waals surface area contributed by atoms with Gasteiger partial charge in [-0.1, -0.05) is 34.1 Å². The molecule has 0 saturated heterocycles. The van der Waals surface area contributed by atoms with Gasteiger partial charge < -0.3 is 4.74 Å². The first-order valence-corrected chi connectivity index (χ1v) is 4.94. The molecule has 0 heterocycles. The SMILES string of the molecule is CCC(C)(C)CC(C)(CC)OC. The minimum Gasteiger partial charge on any atom is -0.379 e. The van der Waals surface area contributed by atoms with Crippen LogP contribution in [0.1, 0.15) is 53.9 Å². The summed E-state index contributed by atoms with van der Waals surface area (Å²) in [5, 5.41) is 0. The van der Waals surface area contributed by atoms with Gasteiger partial charge in [0.15, 0.2) is 0 Å². The summed E-state index contributed by atoms with van der Waals surface area (Å²) in [6.45, 7) is 11.2. The molecule has 12 heavy (non-hydrogen) atoms. The molecule has 0 saturated carbocycles. The lowest BCUT2D eigenvalue weighted by Crippen LogP contribution is -2.32. The van der Waals surface area contributed by atoms with Crippen molar-refractivity contribution in [1.82, 2.24) is 0 Å². The van der Waals surface area contributed by atoms with E-state index in [1.54, 1.807) is 0 Å². The number of hydrogen-bond donors (Lipinski definition) is 0. The van der Waals surface area contributed by atoms with Gasteiger partial charge in [0, 0.05) is 7.11 Å². The van der Waals surface area contributed by atoms with Crippen molar-refractivity contribution in [2.24, 2.45) is 5.41 Å². The lowest BCUT2D eigenvalue weighted by atomic mass is 9.78. The molecule has 0 aliphatic rings. The van der Waals surface area contributed by atoms with Crippen molar-refractivity contribution in [3.63, 3.8) is 0 Å². The summed E-state index contributed by atoms with van der Waals surface area (Å²) < 4.78 is 5.52. The van der Waals surface area contributed by atoms with Crippen LogP contribution in [0.2, 0.25) is 0 Å². The number of methoxy groups -OCH3 is 1. The zero-order valence-electron chi connectivity index (χ0n) is 9.53. The van der Waals surface area contributed by atoms with Gasteiger partial charge in [0.25, 0.3) is 0 Å². The summed E-state index contributed by atoms with van der Waals surface area (Å²) in [5.74, 6) is 0. The van der Waals surface area contributed by atoms with Crippen LogP contribution >= 0.6 is 0 Å². The molecule has 0 bridgehead atoms. The van der Waals surface area contributed by atoms with Crippen molar-refractivity contribution in [3.8, 4) is 0 Å². The summed E-state index contributed by atoms with van der Waals surface area (Å²) in [4.78, 5) is 0. The van der Waals surface area contributed by atoms with E-state index in [4.69, 9.17) is 4.74 Å². The van der Waals surface area contributed by atoms with Crippen molar-refractivity contribution in [3.05, 3.63) is 0 Å². The van der Waals surface area contributed by atoms with E-state index in [9.17, 15) is 0 Å². The maximum absolute atomic E-state index is 5.52. The molecule has 0 rings (SSSR count). The molecule has 0 aromatic carbocycles. The Morgan fingerprint density at radius 1 is 1.00 bits per heavy atom. The van der Waals surface area contributed by atoms with Crippen LogP contribution in [0.5, 0.6) is 0 Å². The van der Waals surface area contributed by atoms with Crippen molar-refractivity contribution in [1.29, 1.82) is 0 Å². The average molecular weight is 172 g/mol. The highest BCUT2D eigenvalue weighted by Gasteiger charge is 2.29. The van der Waals surface area contributed by atoms with Crippen molar-refractivity contribution in [2.75, 3.05) is 7.11 Å². The van der Waals surface area contributed by atoms with Crippen LogP contribution in [-0.2, 0) is 4.74 Å². The molecule has 0 amide bonds. The van der Waals surface area contributed by atoms with Crippen LogP contribution in [0, 0.1) is 5.41 Å². The first-order valence-electron chi connectivity index (χ1n) is 4.94. The van der Waals surface area contributed by atoms with Crippen LogP contribution in [-0.4, -0.2) is 12.7 Å². The third-order valence-corrected chi connectivity index (χ3v) is 3.05. The van der Waals surface area contributed by atoms with E-state index in [0.29, 0.717) is 5.41 Å². The van der Waals surface area contributed by atoms with E-state index in [2.05, 4.69) is 34.6 Å². The molecule has 1 atom stereocenters. The Bertz CT molecular complexity index is 123. The Kier molecular flexibility index (Phi) is 4.25. The van der Waals surface area contributed by atoms with E-state index < -0.39 is 0 Å². The first kappa shape index (κ1) is 12.0. The van der Waals surface area contributed by atoms with Gasteiger partial charge in [-0.15, -0.1) is 0 Å². The maximum atomic E-state index is 5.52. The molecular weight excluding hydrogens is 148 g/mol. The van der Waals surface area contributed by atoms with Crippen molar-refractivity contribution >= 4 is 0 Å². The Balaban J connectivity index is 4.20. The van der Waals surface area contributed by atoms with Crippen molar-refractivity contribution < 1.29 is 4.74 Å². The summed E-state index contributed by atoms with van der Waals surface area (Å²) in [5.41, 5.74) is 0.473. The summed E-state index contributed by atoms with van der Waals surface area (Å²) >= 11 is 0. The Morgan fingerprint density at radius 3 is 1.75 bits per heavy atom. The fourth-order valence-electron chi connectivity index (χ4n) is 1.48. The second-order valence-electron chi connectivity index (χ2n) is 4.70. The minimum absolute atomic E-state index is 0.0690. The second kappa shape index (κ2) is 4.27. The van der Waals surface area contributed by atoms with Gasteiger partial charge in [0.1, 0.15) is 0 Å². The van der Waals surface area contributed by atoms with Gasteiger partial charge in [-0.05, 0) is 25.2 Å². The summed E-state index contributed by atoms with van der Waals surface area (Å²) in [7, 11) is 1.81. The van der Waals surface area contributed by atoms with E-state index in [-0.39, 0.29) is 5.60 Å². The standard InChI is InChI=1S/C11H24O/c1-7-10(3,4)9-11(5,8-2)12-6/h7-9H2,1-6H3. The Labute approximate surface area is 77.5 Å². The monoisotopic (exact) mass is 172 g/mol. The van der Waals surface area contributed by atoms with Gasteiger partial charge in [-0.2, -0.15) is 0 Å². The number of rotatable bonds is 5. The summed E-state index contributed by atoms with van der Waals surface area (Å²) in [6, 6.07) is 0. The maximum Gasteiger partial charge on any atom is 0.0653 e. The van der Waals surface area contributed by atoms with Crippen LogP contribution in [0.4, 0.5) is 0 Å². The third kappa shape index (κ3) is 3.57. The minimum atomic E-state index is 0.0690. The highest BCUT2D eigenvalue weighted by atomic mass is 16.5. The Hall–Kier alpha value is -0.0400. The quantitative estimate of drug-likeness (QED) is 0.615. The Morgan fingerprint density at radius 2 is 1.50 bits per heavy atom. The van der Waals surface area contributed by atoms with Crippen molar-refractivity contribution in [2.45, 2.75) is 59.5 Å². The van der Waals surface area contributed by atoms with Crippen LogP contribution < -0.4 is 0 Å². The second-order valence-corrected chi connectivity index (χ2v) is 4.70. The average Bonchev–Trinajstić information content (AvgIpc) is 2.04. The molecule has 0 spiro atoms. The predicted octanol–water partition coefficient (Wildman–Crippen LogP) is 3.63. The molecule has 0 radical (unpaired) electrons. The van der Waals surface area contributed by atoms with E-state index in [1.165, 1.54) is 6.42 Å². The number of ether oxygens (including phenoxy) is 1. The molecular formula is C11H24O. The fourth-order valence-corrected chi connectivity index (χ4v) is 1.48. The lowest BCUT2D eigenvalue weighted by Gasteiger charge is -2.35. The predicted molar refractivity (Wildman–Crippen MR) is 54.4 cm³/mol. The van der Waals surface area contributed by atoms with Crippen LogP contribution in [0.25, 0.3) is 0 Å². The van der Waals surface area contributed by atoms with Gasteiger partial charge in [-0.25, -0.2) is 0 Å². The molecule has 1 unspecified atom stereocenters. The molecule has 1 nitrogen and oxygen atoms in total. The molecule has 0 aromatic heterocycles. The van der Waals surface area contributed by atoms with E-state index in [1.807, 2.05) is 7.11 Å². The normalized spacial score (nSPS) is 17.5.